The zero-order valence-electron chi connectivity index (χ0n) is 13.1. The minimum Gasteiger partial charge on any atom is -0.305 e. The van der Waals surface area contributed by atoms with E-state index in [0.29, 0.717) is 32.7 Å². The zero-order chi connectivity index (χ0) is 18.2. The molecule has 9 heteroatoms. The lowest BCUT2D eigenvalue weighted by Gasteiger charge is -2.12. The summed E-state index contributed by atoms with van der Waals surface area (Å²) in [4.78, 5) is 12.3. The van der Waals surface area contributed by atoms with Gasteiger partial charge in [-0.15, -0.1) is 11.3 Å². The molecule has 2 aromatic rings. The number of carbonyl (C=O) groups excluding carboxylic acids is 1. The number of urea groups is 1. The molecule has 0 saturated carbocycles. The Hall–Kier alpha value is -1.54. The van der Waals surface area contributed by atoms with Crippen molar-refractivity contribution in [2.75, 3.05) is 16.9 Å². The molecule has 0 aliphatic heterocycles. The molecule has 3 rings (SSSR count). The van der Waals surface area contributed by atoms with Crippen molar-refractivity contribution in [2.45, 2.75) is 17.1 Å². The largest absolute Gasteiger partial charge is 0.324 e. The first-order valence-electron chi connectivity index (χ1n) is 7.31. The van der Waals surface area contributed by atoms with Crippen LogP contribution in [-0.4, -0.2) is 20.7 Å². The molecule has 1 aromatic heterocycles. The molecule has 0 unspecified atom stereocenters. The first-order chi connectivity index (χ1) is 11.8. The number of benzene rings is 1. The Kier molecular flexibility index (Phi) is 5.11. The summed E-state index contributed by atoms with van der Waals surface area (Å²) in [5, 5.41) is 6.47. The zero-order valence-corrected chi connectivity index (χ0v) is 16.2. The van der Waals surface area contributed by atoms with Crippen molar-refractivity contribution in [3.63, 3.8) is 0 Å². The number of sulfone groups is 1. The second-order valence-electron chi connectivity index (χ2n) is 5.50. The van der Waals surface area contributed by atoms with Crippen LogP contribution in [0, 0.1) is 0 Å². The minimum absolute atomic E-state index is 0.254. The molecule has 2 amide bonds. The molecule has 1 aliphatic rings. The van der Waals surface area contributed by atoms with E-state index in [-0.39, 0.29) is 4.21 Å². The van der Waals surface area contributed by atoms with Gasteiger partial charge in [-0.2, -0.15) is 0 Å². The number of halogens is 2. The van der Waals surface area contributed by atoms with Crippen LogP contribution in [0.5, 0.6) is 0 Å². The summed E-state index contributed by atoms with van der Waals surface area (Å²) in [6, 6.07) is 4.37. The number of nitrogens with one attached hydrogen (secondary N) is 2. The molecular formula is C16H14Cl2N2O3S2. The maximum atomic E-state index is 12.3. The van der Waals surface area contributed by atoms with Gasteiger partial charge in [0.15, 0.2) is 9.84 Å². The van der Waals surface area contributed by atoms with Gasteiger partial charge in [0.25, 0.3) is 0 Å². The molecule has 1 aromatic carbocycles. The SMILES string of the molecule is CS(=O)(=O)c1sc(NC(=O)Nc2c(Cl)cccc2Cl)c2c1C=CCC2. The van der Waals surface area contributed by atoms with Crippen molar-refractivity contribution in [3.05, 3.63) is 45.4 Å². The highest BCUT2D eigenvalue weighted by Gasteiger charge is 2.25. The van der Waals surface area contributed by atoms with E-state index in [1.54, 1.807) is 24.3 Å². The Morgan fingerprint density at radius 3 is 2.52 bits per heavy atom. The molecule has 2 N–H and O–H groups in total. The Balaban J connectivity index is 1.90. The third kappa shape index (κ3) is 3.84. The fraction of sp³-hybridized carbons (Fsp3) is 0.188. The van der Waals surface area contributed by atoms with Gasteiger partial charge in [-0.3, -0.25) is 5.32 Å². The fourth-order valence-corrected chi connectivity index (χ4v) is 5.45. The number of hydrogen-bond acceptors (Lipinski definition) is 4. The highest BCUT2D eigenvalue weighted by molar-refractivity contribution is 7.93. The Labute approximate surface area is 159 Å². The maximum Gasteiger partial charge on any atom is 0.324 e. The van der Waals surface area contributed by atoms with E-state index >= 15 is 0 Å². The van der Waals surface area contributed by atoms with Crippen molar-refractivity contribution in [3.8, 4) is 0 Å². The van der Waals surface area contributed by atoms with Crippen molar-refractivity contribution >= 4 is 67.2 Å². The second-order valence-corrected chi connectivity index (χ2v) is 9.55. The topological polar surface area (TPSA) is 75.3 Å². The van der Waals surface area contributed by atoms with Crippen LogP contribution in [0.4, 0.5) is 15.5 Å². The van der Waals surface area contributed by atoms with Crippen molar-refractivity contribution < 1.29 is 13.2 Å². The first kappa shape index (κ1) is 18.3. The van der Waals surface area contributed by atoms with Crippen molar-refractivity contribution in [1.82, 2.24) is 0 Å². The van der Waals surface area contributed by atoms with Gasteiger partial charge in [0.05, 0.1) is 15.7 Å². The summed E-state index contributed by atoms with van der Waals surface area (Å²) >= 11 is 13.1. The van der Waals surface area contributed by atoms with Crippen LogP contribution in [0.3, 0.4) is 0 Å². The molecule has 25 heavy (non-hydrogen) atoms. The molecular weight excluding hydrogens is 403 g/mol. The van der Waals surface area contributed by atoms with E-state index in [4.69, 9.17) is 23.2 Å². The molecule has 0 spiro atoms. The van der Waals surface area contributed by atoms with Crippen LogP contribution >= 0.6 is 34.5 Å². The van der Waals surface area contributed by atoms with Crippen molar-refractivity contribution in [2.24, 2.45) is 0 Å². The molecule has 5 nitrogen and oxygen atoms in total. The van der Waals surface area contributed by atoms with Crippen LogP contribution < -0.4 is 10.6 Å². The number of carbonyl (C=O) groups is 1. The molecule has 0 radical (unpaired) electrons. The monoisotopic (exact) mass is 416 g/mol. The Morgan fingerprint density at radius 2 is 1.88 bits per heavy atom. The molecule has 132 valence electrons. The summed E-state index contributed by atoms with van der Waals surface area (Å²) in [6.45, 7) is 0. The normalized spacial score (nSPS) is 13.4. The molecule has 1 heterocycles. The lowest BCUT2D eigenvalue weighted by molar-refractivity contribution is 0.262. The molecule has 0 saturated heterocycles. The third-order valence-corrected chi connectivity index (χ3v) is 7.26. The van der Waals surface area contributed by atoms with Crippen LogP contribution in [0.1, 0.15) is 17.5 Å². The number of amides is 2. The highest BCUT2D eigenvalue weighted by Crippen LogP contribution is 2.40. The van der Waals surface area contributed by atoms with Crippen LogP contribution in [0.25, 0.3) is 6.08 Å². The molecule has 0 bridgehead atoms. The highest BCUT2D eigenvalue weighted by atomic mass is 35.5. The standard InChI is InChI=1S/C16H14Cl2N2O3S2/c1-25(22,23)15-10-6-3-2-5-9(10)14(24-15)20-16(21)19-13-11(17)7-4-8-12(13)18/h3-4,6-8H,2,5H2,1H3,(H2,19,20,21). The van der Waals surface area contributed by atoms with E-state index in [9.17, 15) is 13.2 Å². The summed E-state index contributed by atoms with van der Waals surface area (Å²) < 4.78 is 24.2. The average Bonchev–Trinajstić information content (AvgIpc) is 2.90. The molecule has 1 aliphatic carbocycles. The van der Waals surface area contributed by atoms with E-state index in [1.165, 1.54) is 0 Å². The number of hydrogen-bond donors (Lipinski definition) is 2. The Bertz CT molecular complexity index is 961. The number of fused-ring (bicyclic) bond motifs is 1. The van der Waals surface area contributed by atoms with Gasteiger partial charge in [0.1, 0.15) is 9.21 Å². The number of allylic oxidation sites excluding steroid dienone is 1. The smallest absolute Gasteiger partial charge is 0.305 e. The number of thiophene rings is 1. The average molecular weight is 417 g/mol. The molecule has 0 atom stereocenters. The predicted octanol–water partition coefficient (Wildman–Crippen LogP) is 5.06. The summed E-state index contributed by atoms with van der Waals surface area (Å²) in [7, 11) is -3.38. The van der Waals surface area contributed by atoms with Gasteiger partial charge in [-0.1, -0.05) is 41.4 Å². The number of rotatable bonds is 3. The third-order valence-electron chi connectivity index (χ3n) is 3.62. The second kappa shape index (κ2) is 6.99. The van der Waals surface area contributed by atoms with E-state index in [0.717, 1.165) is 29.6 Å². The van der Waals surface area contributed by atoms with Gasteiger partial charge in [-0.05, 0) is 30.5 Å². The Morgan fingerprint density at radius 1 is 1.20 bits per heavy atom. The van der Waals surface area contributed by atoms with Gasteiger partial charge in [-0.25, -0.2) is 13.2 Å². The fourth-order valence-electron chi connectivity index (χ4n) is 2.54. The van der Waals surface area contributed by atoms with Crippen LogP contribution in [0.2, 0.25) is 10.0 Å². The first-order valence-corrected chi connectivity index (χ1v) is 10.8. The van der Waals surface area contributed by atoms with E-state index < -0.39 is 15.9 Å². The van der Waals surface area contributed by atoms with E-state index in [1.807, 2.05) is 6.08 Å². The summed E-state index contributed by atoms with van der Waals surface area (Å²) in [6.07, 6.45) is 6.34. The van der Waals surface area contributed by atoms with Gasteiger partial charge >= 0.3 is 6.03 Å². The maximum absolute atomic E-state index is 12.3. The van der Waals surface area contributed by atoms with E-state index in [2.05, 4.69) is 10.6 Å². The van der Waals surface area contributed by atoms with Gasteiger partial charge < -0.3 is 5.32 Å². The van der Waals surface area contributed by atoms with Crippen LogP contribution in [-0.2, 0) is 16.3 Å². The number of para-hydroxylation sites is 1. The lowest BCUT2D eigenvalue weighted by Crippen LogP contribution is -2.20. The summed E-state index contributed by atoms with van der Waals surface area (Å²) in [5.74, 6) is 0. The van der Waals surface area contributed by atoms with Gasteiger partial charge in [0, 0.05) is 11.8 Å². The van der Waals surface area contributed by atoms with Crippen molar-refractivity contribution in [1.29, 1.82) is 0 Å². The predicted molar refractivity (Wildman–Crippen MR) is 104 cm³/mol. The number of anilines is 2. The van der Waals surface area contributed by atoms with Crippen LogP contribution in [0.15, 0.2) is 28.5 Å². The summed E-state index contributed by atoms with van der Waals surface area (Å²) in [5.41, 5.74) is 1.79. The minimum atomic E-state index is -3.38. The molecule has 0 fully saturated rings. The lowest BCUT2D eigenvalue weighted by atomic mass is 10.0. The van der Waals surface area contributed by atoms with Gasteiger partial charge in [0.2, 0.25) is 0 Å². The quantitative estimate of drug-likeness (QED) is 0.733.